The number of amidine groups is 1. The van der Waals surface area contributed by atoms with E-state index in [1.165, 1.54) is 7.11 Å². The summed E-state index contributed by atoms with van der Waals surface area (Å²) in [5.41, 5.74) is 8.78. The maximum atomic E-state index is 12.7. The Balaban J connectivity index is 1.65. The van der Waals surface area contributed by atoms with Gasteiger partial charge < -0.3 is 15.4 Å². The van der Waals surface area contributed by atoms with E-state index in [2.05, 4.69) is 0 Å². The van der Waals surface area contributed by atoms with Crippen molar-refractivity contribution in [2.24, 2.45) is 11.7 Å². The highest BCUT2D eigenvalue weighted by molar-refractivity contribution is 5.96. The SMILES string of the molecule is COC(=O)CC1CCN(C(=O)c2ccc(-c3ccc(C(=N)N)cc3)cc2)C1. The van der Waals surface area contributed by atoms with Crippen LogP contribution in [0, 0.1) is 11.3 Å². The molecule has 1 aliphatic heterocycles. The number of likely N-dealkylation sites (tertiary alicyclic amines) is 1. The molecular formula is C21H23N3O3. The van der Waals surface area contributed by atoms with Crippen LogP contribution in [0.1, 0.15) is 28.8 Å². The number of hydrogen-bond donors (Lipinski definition) is 2. The van der Waals surface area contributed by atoms with Crippen molar-refractivity contribution in [3.8, 4) is 11.1 Å². The third-order valence-corrected chi connectivity index (χ3v) is 4.92. The minimum atomic E-state index is -0.227. The molecule has 3 N–H and O–H groups in total. The summed E-state index contributed by atoms with van der Waals surface area (Å²) in [4.78, 5) is 25.9. The number of carbonyl (C=O) groups excluding carboxylic acids is 2. The molecule has 2 aromatic carbocycles. The van der Waals surface area contributed by atoms with E-state index in [0.29, 0.717) is 30.6 Å². The molecule has 0 radical (unpaired) electrons. The fourth-order valence-electron chi connectivity index (χ4n) is 3.33. The predicted octanol–water partition coefficient (Wildman–Crippen LogP) is 2.66. The van der Waals surface area contributed by atoms with Gasteiger partial charge in [0.25, 0.3) is 5.91 Å². The van der Waals surface area contributed by atoms with Gasteiger partial charge in [-0.25, -0.2) is 0 Å². The minimum absolute atomic E-state index is 0.0131. The number of nitrogens with zero attached hydrogens (tertiary/aromatic N) is 1. The Kier molecular flexibility index (Phi) is 5.54. The molecule has 27 heavy (non-hydrogen) atoms. The van der Waals surface area contributed by atoms with E-state index in [1.54, 1.807) is 4.90 Å². The minimum Gasteiger partial charge on any atom is -0.469 e. The zero-order chi connectivity index (χ0) is 19.4. The van der Waals surface area contributed by atoms with E-state index in [9.17, 15) is 9.59 Å². The van der Waals surface area contributed by atoms with Crippen LogP contribution in [0.15, 0.2) is 48.5 Å². The van der Waals surface area contributed by atoms with Crippen LogP contribution in [0.5, 0.6) is 0 Å². The number of benzene rings is 2. The standard InChI is InChI=1S/C21H23N3O3/c1-27-19(25)12-14-10-11-24(13-14)21(26)18-8-4-16(5-9-18)15-2-6-17(7-3-15)20(22)23/h2-9,14H,10-13H2,1H3,(H3,22,23). The van der Waals surface area contributed by atoms with Gasteiger partial charge in [0.05, 0.1) is 13.5 Å². The van der Waals surface area contributed by atoms with E-state index in [4.69, 9.17) is 15.9 Å². The van der Waals surface area contributed by atoms with Gasteiger partial charge in [0, 0.05) is 24.2 Å². The molecule has 0 aliphatic carbocycles. The molecule has 1 atom stereocenters. The Labute approximate surface area is 158 Å². The number of nitrogens with one attached hydrogen (secondary N) is 1. The summed E-state index contributed by atoms with van der Waals surface area (Å²) in [6.45, 7) is 1.25. The number of nitrogen functional groups attached to an aromatic ring is 1. The van der Waals surface area contributed by atoms with Crippen LogP contribution < -0.4 is 5.73 Å². The highest BCUT2D eigenvalue weighted by Gasteiger charge is 2.28. The lowest BCUT2D eigenvalue weighted by Gasteiger charge is -2.16. The van der Waals surface area contributed by atoms with Gasteiger partial charge in [0.1, 0.15) is 5.84 Å². The quantitative estimate of drug-likeness (QED) is 0.484. The van der Waals surface area contributed by atoms with Crippen molar-refractivity contribution in [2.75, 3.05) is 20.2 Å². The van der Waals surface area contributed by atoms with Crippen molar-refractivity contribution < 1.29 is 14.3 Å². The predicted molar refractivity (Wildman–Crippen MR) is 104 cm³/mol. The van der Waals surface area contributed by atoms with E-state index in [1.807, 2.05) is 48.5 Å². The molecule has 140 valence electrons. The molecule has 1 fully saturated rings. The van der Waals surface area contributed by atoms with Crippen LogP contribution in [-0.4, -0.2) is 42.8 Å². The summed E-state index contributed by atoms with van der Waals surface area (Å²) < 4.78 is 4.71. The summed E-state index contributed by atoms with van der Waals surface area (Å²) in [5.74, 6) is -0.0330. The lowest BCUT2D eigenvalue weighted by molar-refractivity contribution is -0.141. The first-order valence-corrected chi connectivity index (χ1v) is 8.89. The Hall–Kier alpha value is -3.15. The molecule has 6 heteroatoms. The largest absolute Gasteiger partial charge is 0.469 e. The van der Waals surface area contributed by atoms with Gasteiger partial charge in [-0.05, 0) is 35.6 Å². The smallest absolute Gasteiger partial charge is 0.305 e. The average Bonchev–Trinajstić information content (AvgIpc) is 3.16. The van der Waals surface area contributed by atoms with Gasteiger partial charge in [-0.1, -0.05) is 36.4 Å². The topological polar surface area (TPSA) is 96.5 Å². The zero-order valence-corrected chi connectivity index (χ0v) is 15.3. The summed E-state index contributed by atoms with van der Waals surface area (Å²) in [6, 6.07) is 14.9. The van der Waals surface area contributed by atoms with Crippen molar-refractivity contribution in [1.82, 2.24) is 4.90 Å². The van der Waals surface area contributed by atoms with E-state index in [0.717, 1.165) is 17.5 Å². The van der Waals surface area contributed by atoms with E-state index >= 15 is 0 Å². The first-order chi connectivity index (χ1) is 13.0. The van der Waals surface area contributed by atoms with E-state index < -0.39 is 0 Å². The van der Waals surface area contributed by atoms with Crippen molar-refractivity contribution in [3.05, 3.63) is 59.7 Å². The number of hydrogen-bond acceptors (Lipinski definition) is 4. The fraction of sp³-hybridized carbons (Fsp3) is 0.286. The molecule has 0 spiro atoms. The molecule has 0 saturated carbocycles. The molecule has 1 heterocycles. The van der Waals surface area contributed by atoms with Crippen LogP contribution in [0.3, 0.4) is 0 Å². The second-order valence-electron chi connectivity index (χ2n) is 6.75. The number of nitrogens with two attached hydrogens (primary N) is 1. The zero-order valence-electron chi connectivity index (χ0n) is 15.3. The van der Waals surface area contributed by atoms with E-state index in [-0.39, 0.29) is 23.6 Å². The summed E-state index contributed by atoms with van der Waals surface area (Å²) in [5, 5.41) is 7.44. The number of rotatable bonds is 5. The molecule has 2 aromatic rings. The van der Waals surface area contributed by atoms with Crippen LogP contribution in [0.25, 0.3) is 11.1 Å². The van der Waals surface area contributed by atoms with Crippen LogP contribution in [0.4, 0.5) is 0 Å². The van der Waals surface area contributed by atoms with Crippen molar-refractivity contribution in [2.45, 2.75) is 12.8 Å². The van der Waals surface area contributed by atoms with Gasteiger partial charge in [0.2, 0.25) is 0 Å². The number of ether oxygens (including phenoxy) is 1. The third-order valence-electron chi connectivity index (χ3n) is 4.92. The monoisotopic (exact) mass is 365 g/mol. The van der Waals surface area contributed by atoms with Gasteiger partial charge >= 0.3 is 5.97 Å². The van der Waals surface area contributed by atoms with Crippen LogP contribution in [-0.2, 0) is 9.53 Å². The van der Waals surface area contributed by atoms with Gasteiger partial charge in [-0.2, -0.15) is 0 Å². The highest BCUT2D eigenvalue weighted by Crippen LogP contribution is 2.24. The highest BCUT2D eigenvalue weighted by atomic mass is 16.5. The first-order valence-electron chi connectivity index (χ1n) is 8.89. The average molecular weight is 365 g/mol. The second kappa shape index (κ2) is 8.03. The maximum Gasteiger partial charge on any atom is 0.305 e. The Bertz CT molecular complexity index is 844. The number of methoxy groups -OCH3 is 1. The molecule has 3 rings (SSSR count). The molecule has 0 aromatic heterocycles. The van der Waals surface area contributed by atoms with Gasteiger partial charge in [-0.15, -0.1) is 0 Å². The molecular weight excluding hydrogens is 342 g/mol. The van der Waals surface area contributed by atoms with Crippen molar-refractivity contribution in [1.29, 1.82) is 5.41 Å². The van der Waals surface area contributed by atoms with Gasteiger partial charge in [-0.3, -0.25) is 15.0 Å². The number of esters is 1. The summed E-state index contributed by atoms with van der Waals surface area (Å²) in [7, 11) is 1.38. The molecule has 1 saturated heterocycles. The van der Waals surface area contributed by atoms with Gasteiger partial charge in [0.15, 0.2) is 0 Å². The second-order valence-corrected chi connectivity index (χ2v) is 6.75. The lowest BCUT2D eigenvalue weighted by Crippen LogP contribution is -2.29. The third kappa shape index (κ3) is 4.34. The van der Waals surface area contributed by atoms with Crippen molar-refractivity contribution >= 4 is 17.7 Å². The van der Waals surface area contributed by atoms with Crippen LogP contribution in [0.2, 0.25) is 0 Å². The molecule has 6 nitrogen and oxygen atoms in total. The molecule has 1 amide bonds. The number of amides is 1. The lowest BCUT2D eigenvalue weighted by atomic mass is 10.0. The molecule has 1 unspecified atom stereocenters. The maximum absolute atomic E-state index is 12.7. The number of carbonyl (C=O) groups is 2. The van der Waals surface area contributed by atoms with Crippen LogP contribution >= 0.6 is 0 Å². The summed E-state index contributed by atoms with van der Waals surface area (Å²) >= 11 is 0. The fourth-order valence-corrected chi connectivity index (χ4v) is 3.33. The molecule has 1 aliphatic rings. The molecule has 0 bridgehead atoms. The Morgan fingerprint density at radius 1 is 1.07 bits per heavy atom. The summed E-state index contributed by atoms with van der Waals surface area (Å²) in [6.07, 6.45) is 1.18. The normalized spacial score (nSPS) is 16.2. The van der Waals surface area contributed by atoms with Crippen molar-refractivity contribution in [3.63, 3.8) is 0 Å². The first kappa shape index (κ1) is 18.6. The Morgan fingerprint density at radius 3 is 2.15 bits per heavy atom. The Morgan fingerprint density at radius 2 is 1.63 bits per heavy atom.